The Bertz CT molecular complexity index is 1030. The van der Waals surface area contributed by atoms with Crippen LogP contribution in [0.4, 0.5) is 0 Å². The Morgan fingerprint density at radius 2 is 2.20 bits per heavy atom. The first-order valence-electron chi connectivity index (χ1n) is 10.6. The van der Waals surface area contributed by atoms with Crippen molar-refractivity contribution in [2.45, 2.75) is 52.5 Å². The third-order valence-corrected chi connectivity index (χ3v) is 7.98. The van der Waals surface area contributed by atoms with Crippen LogP contribution in [0.5, 0.6) is 0 Å². The van der Waals surface area contributed by atoms with Crippen LogP contribution in [0.3, 0.4) is 0 Å². The molecule has 2 unspecified atom stereocenters. The molecule has 0 aliphatic heterocycles. The monoisotopic (exact) mass is 442 g/mol. The number of aromatic nitrogens is 3. The van der Waals surface area contributed by atoms with E-state index in [2.05, 4.69) is 48.6 Å². The van der Waals surface area contributed by atoms with Crippen LogP contribution in [-0.2, 0) is 12.8 Å². The van der Waals surface area contributed by atoms with Crippen LogP contribution in [0.25, 0.3) is 5.65 Å². The van der Waals surface area contributed by atoms with Crippen molar-refractivity contribution >= 4 is 34.7 Å². The minimum Gasteiger partial charge on any atom is -0.341 e. The summed E-state index contributed by atoms with van der Waals surface area (Å²) in [5, 5.41) is 11.9. The van der Waals surface area contributed by atoms with Crippen LogP contribution in [0.2, 0.25) is 0 Å². The lowest BCUT2D eigenvalue weighted by Crippen LogP contribution is -2.30. The van der Waals surface area contributed by atoms with Gasteiger partial charge in [-0.05, 0) is 72.8 Å². The van der Waals surface area contributed by atoms with Gasteiger partial charge in [-0.25, -0.2) is 0 Å². The summed E-state index contributed by atoms with van der Waals surface area (Å²) in [5.41, 5.74) is 2.47. The maximum Gasteiger partial charge on any atom is 0.261 e. The topological polar surface area (TPSA) is 59.3 Å². The van der Waals surface area contributed by atoms with Gasteiger partial charge < -0.3 is 5.32 Å². The van der Waals surface area contributed by atoms with Gasteiger partial charge in [0.05, 0.1) is 10.9 Å². The molecule has 7 heteroatoms. The maximum atomic E-state index is 13.2. The summed E-state index contributed by atoms with van der Waals surface area (Å²) < 4.78 is 1.97. The molecule has 0 saturated heterocycles. The first kappa shape index (κ1) is 21.4. The summed E-state index contributed by atoms with van der Waals surface area (Å²) in [6, 6.07) is 7.81. The Kier molecular flexibility index (Phi) is 6.21. The number of thiophene rings is 1. The second kappa shape index (κ2) is 8.71. The zero-order valence-corrected chi connectivity index (χ0v) is 19.8. The molecule has 0 aromatic carbocycles. The quantitative estimate of drug-likeness (QED) is 0.572. The Hall–Kier alpha value is -1.86. The Balaban J connectivity index is 1.55. The van der Waals surface area contributed by atoms with E-state index in [1.807, 2.05) is 28.8 Å². The highest BCUT2D eigenvalue weighted by Crippen LogP contribution is 2.40. The van der Waals surface area contributed by atoms with Gasteiger partial charge in [0.15, 0.2) is 11.5 Å². The van der Waals surface area contributed by atoms with Crippen molar-refractivity contribution in [1.82, 2.24) is 19.9 Å². The molecule has 0 fully saturated rings. The number of fused-ring (bicyclic) bond motifs is 2. The van der Waals surface area contributed by atoms with E-state index < -0.39 is 0 Å². The van der Waals surface area contributed by atoms with Gasteiger partial charge in [-0.3, -0.25) is 9.20 Å². The van der Waals surface area contributed by atoms with Crippen LogP contribution in [0.15, 0.2) is 30.5 Å². The number of pyridine rings is 1. The summed E-state index contributed by atoms with van der Waals surface area (Å²) in [6.45, 7) is 6.96. The van der Waals surface area contributed by atoms with Crippen molar-refractivity contribution in [2.24, 2.45) is 11.3 Å². The summed E-state index contributed by atoms with van der Waals surface area (Å²) in [4.78, 5) is 15.4. The minimum atomic E-state index is -0.163. The zero-order valence-electron chi connectivity index (χ0n) is 18.1. The van der Waals surface area contributed by atoms with Crippen molar-refractivity contribution in [3.05, 3.63) is 51.6 Å². The Morgan fingerprint density at radius 1 is 1.37 bits per heavy atom. The fraction of sp³-hybridized carbons (Fsp3) is 0.522. The number of nitrogens with one attached hydrogen (secondary N) is 1. The SMILES string of the molecule is CSCCC(NC(=O)c1cc2c(s1)CCC(C(C)(C)C)C2)c1nnc2ccccn12. The average Bonchev–Trinajstić information content (AvgIpc) is 3.34. The summed E-state index contributed by atoms with van der Waals surface area (Å²) in [5.74, 6) is 2.41. The van der Waals surface area contributed by atoms with Crippen molar-refractivity contribution in [3.8, 4) is 0 Å². The maximum absolute atomic E-state index is 13.2. The van der Waals surface area contributed by atoms with Crippen LogP contribution >= 0.6 is 23.1 Å². The van der Waals surface area contributed by atoms with E-state index in [9.17, 15) is 4.79 Å². The standard InChI is InChI=1S/C23H30N4OS2/c1-23(2,3)16-8-9-18-15(13-16)14-19(30-18)22(28)24-17(10-12-29-4)21-26-25-20-7-5-6-11-27(20)21/h5-7,11,14,16-17H,8-10,12-13H2,1-4H3,(H,24,28). The largest absolute Gasteiger partial charge is 0.341 e. The number of carbonyl (C=O) groups excluding carboxylic acids is 1. The summed E-state index contributed by atoms with van der Waals surface area (Å²) in [7, 11) is 0. The number of hydrogen-bond acceptors (Lipinski definition) is 5. The molecule has 1 N–H and O–H groups in total. The number of carbonyl (C=O) groups is 1. The molecule has 4 rings (SSSR count). The molecule has 0 bridgehead atoms. The second-order valence-electron chi connectivity index (χ2n) is 9.16. The molecule has 2 atom stereocenters. The third kappa shape index (κ3) is 4.42. The predicted molar refractivity (Wildman–Crippen MR) is 125 cm³/mol. The average molecular weight is 443 g/mol. The minimum absolute atomic E-state index is 0.000456. The Labute approximate surface area is 186 Å². The van der Waals surface area contributed by atoms with Crippen molar-refractivity contribution in [2.75, 3.05) is 12.0 Å². The van der Waals surface area contributed by atoms with Crippen LogP contribution < -0.4 is 5.32 Å². The first-order chi connectivity index (χ1) is 14.4. The first-order valence-corrected chi connectivity index (χ1v) is 12.8. The van der Waals surface area contributed by atoms with Gasteiger partial charge >= 0.3 is 0 Å². The fourth-order valence-electron chi connectivity index (χ4n) is 4.20. The number of nitrogens with zero attached hydrogens (tertiary/aromatic N) is 3. The van der Waals surface area contributed by atoms with E-state index in [-0.39, 0.29) is 11.9 Å². The summed E-state index contributed by atoms with van der Waals surface area (Å²) >= 11 is 3.44. The van der Waals surface area contributed by atoms with E-state index in [1.54, 1.807) is 23.1 Å². The van der Waals surface area contributed by atoms with Crippen molar-refractivity contribution in [3.63, 3.8) is 0 Å². The predicted octanol–water partition coefficient (Wildman–Crippen LogP) is 5.17. The highest BCUT2D eigenvalue weighted by molar-refractivity contribution is 7.98. The molecule has 1 amide bonds. The molecule has 3 aromatic heterocycles. The fourth-order valence-corrected chi connectivity index (χ4v) is 5.79. The Morgan fingerprint density at radius 3 is 2.97 bits per heavy atom. The smallest absolute Gasteiger partial charge is 0.261 e. The van der Waals surface area contributed by atoms with Crippen molar-refractivity contribution < 1.29 is 4.79 Å². The number of thioether (sulfide) groups is 1. The molecular weight excluding hydrogens is 412 g/mol. The summed E-state index contributed by atoms with van der Waals surface area (Å²) in [6.07, 6.45) is 8.23. The van der Waals surface area contributed by atoms with Crippen molar-refractivity contribution in [1.29, 1.82) is 0 Å². The third-order valence-electron chi connectivity index (χ3n) is 6.10. The number of rotatable bonds is 6. The molecule has 5 nitrogen and oxygen atoms in total. The van der Waals surface area contributed by atoms with E-state index >= 15 is 0 Å². The van der Waals surface area contributed by atoms with Gasteiger partial charge in [0, 0.05) is 11.1 Å². The molecule has 0 saturated carbocycles. The van der Waals surface area contributed by atoms with E-state index in [0.717, 1.165) is 41.4 Å². The molecule has 0 radical (unpaired) electrons. The van der Waals surface area contributed by atoms with Gasteiger partial charge in [-0.2, -0.15) is 11.8 Å². The van der Waals surface area contributed by atoms with E-state index in [0.29, 0.717) is 11.3 Å². The van der Waals surface area contributed by atoms with Crippen LogP contribution in [0.1, 0.15) is 65.6 Å². The normalized spacial score (nSPS) is 17.7. The molecule has 3 heterocycles. The second-order valence-corrected chi connectivity index (χ2v) is 11.3. The van der Waals surface area contributed by atoms with Crippen LogP contribution in [-0.4, -0.2) is 32.5 Å². The lowest BCUT2D eigenvalue weighted by atomic mass is 9.72. The molecule has 1 aliphatic rings. The van der Waals surface area contributed by atoms with E-state index in [1.165, 1.54) is 16.9 Å². The molecule has 0 spiro atoms. The number of aryl methyl sites for hydroxylation is 1. The number of amides is 1. The van der Waals surface area contributed by atoms with E-state index in [4.69, 9.17) is 0 Å². The molecular formula is C23H30N4OS2. The zero-order chi connectivity index (χ0) is 21.3. The lowest BCUT2D eigenvalue weighted by molar-refractivity contribution is 0.0938. The highest BCUT2D eigenvalue weighted by Gasteiger charge is 2.31. The molecule has 160 valence electrons. The van der Waals surface area contributed by atoms with Gasteiger partial charge in [0.2, 0.25) is 0 Å². The molecule has 30 heavy (non-hydrogen) atoms. The lowest BCUT2D eigenvalue weighted by Gasteiger charge is -2.33. The molecule has 1 aliphatic carbocycles. The van der Waals surface area contributed by atoms with Gasteiger partial charge in [0.1, 0.15) is 0 Å². The van der Waals surface area contributed by atoms with Gasteiger partial charge in [0.25, 0.3) is 5.91 Å². The van der Waals surface area contributed by atoms with Crippen LogP contribution in [0, 0.1) is 11.3 Å². The van der Waals surface area contributed by atoms with Gasteiger partial charge in [-0.1, -0.05) is 26.8 Å². The molecule has 3 aromatic rings. The number of hydrogen-bond donors (Lipinski definition) is 1. The highest BCUT2D eigenvalue weighted by atomic mass is 32.2. The van der Waals surface area contributed by atoms with Gasteiger partial charge in [-0.15, -0.1) is 21.5 Å².